The third-order valence-corrected chi connectivity index (χ3v) is 4.85. The molecule has 0 fully saturated rings. The van der Waals surface area contributed by atoms with Crippen LogP contribution >= 0.6 is 0 Å². The number of carbonyl (C=O) groups is 5. The number of H-pyrrole nitrogens is 1. The number of aromatic amines is 1. The van der Waals surface area contributed by atoms with Gasteiger partial charge in [-0.2, -0.15) is 0 Å². The summed E-state index contributed by atoms with van der Waals surface area (Å²) in [7, 11) is 0.867. The van der Waals surface area contributed by atoms with Crippen LogP contribution in [-0.2, 0) is 23.9 Å². The van der Waals surface area contributed by atoms with Crippen LogP contribution in [0, 0.1) is 10.1 Å². The molecule has 13 nitrogen and oxygen atoms in total. The van der Waals surface area contributed by atoms with Crippen LogP contribution in [0.4, 0.5) is 11.4 Å². The number of esters is 1. The number of methoxy groups -OCH3 is 1. The minimum atomic E-state index is -2.26. The molecule has 0 bridgehead atoms. The molecule has 1 amide bonds. The van der Waals surface area contributed by atoms with Gasteiger partial charge in [0.05, 0.1) is 23.1 Å². The van der Waals surface area contributed by atoms with Gasteiger partial charge in [-0.15, -0.1) is 0 Å². The van der Waals surface area contributed by atoms with Crippen molar-refractivity contribution in [1.29, 1.82) is 0 Å². The SMILES string of the molecule is COC(=O)C(=O)C(C(=O)C(=O)Nc1cccc(C(C)=O)c1)c1nc2ccc([N+](=O)[O-])cc2[nH]c1=O. The van der Waals surface area contributed by atoms with Gasteiger partial charge >= 0.3 is 5.97 Å². The van der Waals surface area contributed by atoms with Crippen LogP contribution in [0.3, 0.4) is 0 Å². The summed E-state index contributed by atoms with van der Waals surface area (Å²) in [5, 5.41) is 13.2. The summed E-state index contributed by atoms with van der Waals surface area (Å²) in [6.07, 6.45) is 0. The number of nitro groups is 1. The highest BCUT2D eigenvalue weighted by Crippen LogP contribution is 2.21. The van der Waals surface area contributed by atoms with Crippen molar-refractivity contribution < 1.29 is 33.6 Å². The molecule has 13 heteroatoms. The van der Waals surface area contributed by atoms with E-state index in [0.717, 1.165) is 25.3 Å². The van der Waals surface area contributed by atoms with E-state index in [1.54, 1.807) is 0 Å². The number of benzene rings is 2. The van der Waals surface area contributed by atoms with E-state index in [1.165, 1.54) is 31.2 Å². The fourth-order valence-electron chi connectivity index (χ4n) is 3.12. The number of non-ortho nitro benzene ring substituents is 1. The lowest BCUT2D eigenvalue weighted by atomic mass is 9.94. The normalized spacial score (nSPS) is 11.4. The molecular formula is C22H16N4O9. The Kier molecular flexibility index (Phi) is 6.90. The molecule has 0 aliphatic rings. The van der Waals surface area contributed by atoms with E-state index >= 15 is 0 Å². The van der Waals surface area contributed by atoms with Crippen molar-refractivity contribution in [3.63, 3.8) is 0 Å². The van der Waals surface area contributed by atoms with Crippen LogP contribution in [0.25, 0.3) is 11.0 Å². The first-order valence-corrected chi connectivity index (χ1v) is 9.80. The zero-order valence-corrected chi connectivity index (χ0v) is 18.2. The second kappa shape index (κ2) is 9.82. The minimum Gasteiger partial charge on any atom is -0.463 e. The van der Waals surface area contributed by atoms with Crippen LogP contribution in [-0.4, -0.2) is 51.2 Å². The van der Waals surface area contributed by atoms with Gasteiger partial charge in [-0.3, -0.25) is 34.1 Å². The van der Waals surface area contributed by atoms with Crippen LogP contribution in [0.2, 0.25) is 0 Å². The monoisotopic (exact) mass is 480 g/mol. The Bertz CT molecular complexity index is 1480. The van der Waals surface area contributed by atoms with E-state index in [2.05, 4.69) is 20.0 Å². The van der Waals surface area contributed by atoms with Gasteiger partial charge in [-0.05, 0) is 25.1 Å². The highest BCUT2D eigenvalue weighted by atomic mass is 16.6. The summed E-state index contributed by atoms with van der Waals surface area (Å²) < 4.78 is 4.35. The molecule has 3 rings (SSSR count). The van der Waals surface area contributed by atoms with Crippen molar-refractivity contribution in [2.75, 3.05) is 12.4 Å². The summed E-state index contributed by atoms with van der Waals surface area (Å²) in [6.45, 7) is 1.30. The zero-order valence-electron chi connectivity index (χ0n) is 18.2. The number of nitrogens with zero attached hydrogens (tertiary/aromatic N) is 2. The Morgan fingerprint density at radius 1 is 1.09 bits per heavy atom. The van der Waals surface area contributed by atoms with Crippen LogP contribution in [0.15, 0.2) is 47.3 Å². The molecule has 3 aromatic rings. The van der Waals surface area contributed by atoms with Crippen LogP contribution in [0.1, 0.15) is 28.9 Å². The second-order valence-corrected chi connectivity index (χ2v) is 7.15. The standard InChI is InChI=1S/C22H16N4O9/c1-10(27)11-4-3-5-12(8-11)23-21(31)18(28)16(19(29)22(32)35-2)17-20(30)25-15-9-13(26(33)34)6-7-14(15)24-17/h3-9,16H,1-2H3,(H,23,31)(H,25,30). The average molecular weight is 480 g/mol. The van der Waals surface area contributed by atoms with Crippen molar-refractivity contribution in [2.45, 2.75) is 12.8 Å². The van der Waals surface area contributed by atoms with Gasteiger partial charge < -0.3 is 15.0 Å². The summed E-state index contributed by atoms with van der Waals surface area (Å²) in [4.78, 5) is 90.8. The van der Waals surface area contributed by atoms with E-state index in [-0.39, 0.29) is 33.8 Å². The number of rotatable bonds is 8. The Labute approximate surface area is 195 Å². The van der Waals surface area contributed by atoms with Crippen molar-refractivity contribution in [2.24, 2.45) is 0 Å². The fourth-order valence-corrected chi connectivity index (χ4v) is 3.12. The lowest BCUT2D eigenvalue weighted by Crippen LogP contribution is -2.39. The Morgan fingerprint density at radius 2 is 1.80 bits per heavy atom. The lowest BCUT2D eigenvalue weighted by molar-refractivity contribution is -0.384. The first-order valence-electron chi connectivity index (χ1n) is 9.80. The molecule has 2 aromatic carbocycles. The van der Waals surface area contributed by atoms with E-state index < -0.39 is 45.5 Å². The van der Waals surface area contributed by atoms with Gasteiger partial charge in [-0.25, -0.2) is 9.78 Å². The molecule has 0 aliphatic carbocycles. The number of amides is 1. The number of carbonyl (C=O) groups excluding carboxylic acids is 5. The number of nitro benzene ring substituents is 1. The molecule has 1 heterocycles. The van der Waals surface area contributed by atoms with Gasteiger partial charge in [0.15, 0.2) is 5.78 Å². The molecule has 178 valence electrons. The van der Waals surface area contributed by atoms with Gasteiger partial charge in [0.1, 0.15) is 11.6 Å². The number of hydrogen-bond donors (Lipinski definition) is 2. The molecule has 1 unspecified atom stereocenters. The number of anilines is 1. The van der Waals surface area contributed by atoms with Gasteiger partial charge in [0, 0.05) is 23.4 Å². The molecule has 2 N–H and O–H groups in total. The third-order valence-electron chi connectivity index (χ3n) is 4.85. The van der Waals surface area contributed by atoms with E-state index in [1.807, 2.05) is 0 Å². The molecule has 0 spiro atoms. The molecule has 1 atom stereocenters. The second-order valence-electron chi connectivity index (χ2n) is 7.15. The van der Waals surface area contributed by atoms with Crippen LogP contribution in [0.5, 0.6) is 0 Å². The first-order chi connectivity index (χ1) is 16.5. The highest BCUT2D eigenvalue weighted by molar-refractivity contribution is 6.52. The topological polar surface area (TPSA) is 196 Å². The van der Waals surface area contributed by atoms with Crippen molar-refractivity contribution >= 4 is 51.6 Å². The smallest absolute Gasteiger partial charge is 0.375 e. The van der Waals surface area contributed by atoms with Gasteiger partial charge in [0.25, 0.3) is 22.9 Å². The number of Topliss-reactive ketones (excluding diaryl/α,β-unsaturated/α-hetero) is 3. The molecule has 0 saturated carbocycles. The maximum Gasteiger partial charge on any atom is 0.375 e. The molecule has 1 aromatic heterocycles. The maximum atomic E-state index is 13.0. The van der Waals surface area contributed by atoms with E-state index in [4.69, 9.17) is 0 Å². The predicted octanol–water partition coefficient (Wildman–Crippen LogP) is 1.07. The van der Waals surface area contributed by atoms with Crippen molar-refractivity contribution in [3.05, 3.63) is 74.2 Å². The van der Waals surface area contributed by atoms with E-state index in [0.29, 0.717) is 0 Å². The Morgan fingerprint density at radius 3 is 2.43 bits per heavy atom. The van der Waals surface area contributed by atoms with Gasteiger partial charge in [-0.1, -0.05) is 12.1 Å². The lowest BCUT2D eigenvalue weighted by Gasteiger charge is -2.13. The quantitative estimate of drug-likeness (QED) is 0.117. The van der Waals surface area contributed by atoms with E-state index in [9.17, 15) is 38.9 Å². The third kappa shape index (κ3) is 5.13. The molecular weight excluding hydrogens is 464 g/mol. The minimum absolute atomic E-state index is 0.0461. The Balaban J connectivity index is 2.06. The largest absolute Gasteiger partial charge is 0.463 e. The Hall–Kier alpha value is -5.07. The van der Waals surface area contributed by atoms with Crippen LogP contribution < -0.4 is 10.9 Å². The first kappa shape index (κ1) is 24.6. The molecule has 0 aliphatic heterocycles. The number of fused-ring (bicyclic) bond motifs is 1. The van der Waals surface area contributed by atoms with Crippen molar-refractivity contribution in [3.8, 4) is 0 Å². The summed E-state index contributed by atoms with van der Waals surface area (Å²) in [5.74, 6) is -8.45. The predicted molar refractivity (Wildman–Crippen MR) is 119 cm³/mol. The number of nitrogens with one attached hydrogen (secondary N) is 2. The molecule has 35 heavy (non-hydrogen) atoms. The summed E-state index contributed by atoms with van der Waals surface area (Å²) in [6, 6.07) is 8.84. The average Bonchev–Trinajstić information content (AvgIpc) is 2.83. The highest BCUT2D eigenvalue weighted by Gasteiger charge is 2.40. The molecule has 0 saturated heterocycles. The molecule has 0 radical (unpaired) electrons. The zero-order chi connectivity index (χ0) is 25.9. The summed E-state index contributed by atoms with van der Waals surface area (Å²) >= 11 is 0. The van der Waals surface area contributed by atoms with Crippen molar-refractivity contribution in [1.82, 2.24) is 9.97 Å². The van der Waals surface area contributed by atoms with Gasteiger partial charge in [0.2, 0.25) is 5.78 Å². The number of ether oxygens (including phenoxy) is 1. The number of hydrogen-bond acceptors (Lipinski definition) is 10. The fraction of sp³-hybridized carbons (Fsp3) is 0.136. The number of ketones is 3. The summed E-state index contributed by atoms with van der Waals surface area (Å²) in [5.41, 5.74) is -2.09. The maximum absolute atomic E-state index is 13.0. The number of aromatic nitrogens is 2.